The molecule has 4 rings (SSSR count). The first kappa shape index (κ1) is 21.3. The van der Waals surface area contributed by atoms with E-state index in [0.717, 1.165) is 31.5 Å². The summed E-state index contributed by atoms with van der Waals surface area (Å²) < 4.78 is 0. The second-order valence-electron chi connectivity index (χ2n) is 12.2. The number of carbonyl (C=O) groups excluding carboxylic acids is 2. The lowest BCUT2D eigenvalue weighted by molar-refractivity contribution is -0.139. The van der Waals surface area contributed by atoms with Crippen LogP contribution in [0.5, 0.6) is 0 Å². The molecule has 4 aliphatic carbocycles. The maximum absolute atomic E-state index is 12.7. The van der Waals surface area contributed by atoms with Crippen LogP contribution in [-0.4, -0.2) is 12.1 Å². The summed E-state index contributed by atoms with van der Waals surface area (Å²) in [7, 11) is 0. The molecule has 0 amide bonds. The standard InChI is InChI=1S/C27H42O2/c1-18(8-7-17-28)19-11-15-27(6)21-9-10-22-24(2,3)23(29)13-14-25(22,4)20(21)12-16-26(19,27)5/h17-19,22H,7-16H2,1-6H3/t18-,19-,22?,25-,26-,27+/m1/s1. The Balaban J connectivity index is 1.72. The van der Waals surface area contributed by atoms with Gasteiger partial charge in [-0.25, -0.2) is 0 Å². The molecule has 0 aromatic rings. The summed E-state index contributed by atoms with van der Waals surface area (Å²) in [6.07, 6.45) is 12.2. The van der Waals surface area contributed by atoms with E-state index in [0.29, 0.717) is 34.9 Å². The summed E-state index contributed by atoms with van der Waals surface area (Å²) in [4.78, 5) is 23.7. The van der Waals surface area contributed by atoms with Gasteiger partial charge in [0.05, 0.1) is 0 Å². The molecule has 0 bridgehead atoms. The lowest BCUT2D eigenvalue weighted by Crippen LogP contribution is -2.53. The van der Waals surface area contributed by atoms with Crippen LogP contribution in [-0.2, 0) is 9.59 Å². The number of allylic oxidation sites excluding steroid dienone is 2. The number of carbonyl (C=O) groups is 2. The fourth-order valence-electron chi connectivity index (χ4n) is 8.97. The van der Waals surface area contributed by atoms with E-state index in [1.165, 1.54) is 38.5 Å². The monoisotopic (exact) mass is 398 g/mol. The van der Waals surface area contributed by atoms with Crippen molar-refractivity contribution in [3.63, 3.8) is 0 Å². The smallest absolute Gasteiger partial charge is 0.138 e. The first-order valence-corrected chi connectivity index (χ1v) is 12.2. The van der Waals surface area contributed by atoms with Crippen molar-refractivity contribution in [1.82, 2.24) is 0 Å². The van der Waals surface area contributed by atoms with Crippen LogP contribution in [0.1, 0.15) is 106 Å². The van der Waals surface area contributed by atoms with E-state index in [2.05, 4.69) is 41.5 Å². The van der Waals surface area contributed by atoms with Crippen LogP contribution in [0, 0.1) is 39.4 Å². The molecule has 0 spiro atoms. The van der Waals surface area contributed by atoms with Crippen molar-refractivity contribution >= 4 is 12.1 Å². The number of aldehydes is 1. The van der Waals surface area contributed by atoms with Gasteiger partial charge in [0.25, 0.3) is 0 Å². The van der Waals surface area contributed by atoms with E-state index in [4.69, 9.17) is 0 Å². The highest BCUT2D eigenvalue weighted by Crippen LogP contribution is 2.72. The van der Waals surface area contributed by atoms with E-state index in [-0.39, 0.29) is 10.8 Å². The fraction of sp³-hybridized carbons (Fsp3) is 0.852. The molecule has 2 heteroatoms. The van der Waals surface area contributed by atoms with Gasteiger partial charge in [-0.15, -0.1) is 0 Å². The Morgan fingerprint density at radius 3 is 2.38 bits per heavy atom. The molecule has 0 aromatic carbocycles. The molecular formula is C27H42O2. The maximum Gasteiger partial charge on any atom is 0.138 e. The lowest BCUT2D eigenvalue weighted by atomic mass is 9.43. The van der Waals surface area contributed by atoms with Gasteiger partial charge in [0.2, 0.25) is 0 Å². The van der Waals surface area contributed by atoms with Crippen molar-refractivity contribution in [2.75, 3.05) is 0 Å². The maximum atomic E-state index is 12.7. The first-order chi connectivity index (χ1) is 13.5. The van der Waals surface area contributed by atoms with Crippen molar-refractivity contribution < 1.29 is 9.59 Å². The predicted octanol–water partition coefficient (Wildman–Crippen LogP) is 6.92. The second kappa shape index (κ2) is 6.79. The van der Waals surface area contributed by atoms with Gasteiger partial charge in [-0.05, 0) is 85.4 Å². The summed E-state index contributed by atoms with van der Waals surface area (Å²) in [5.74, 6) is 2.36. The minimum absolute atomic E-state index is 0.172. The molecule has 2 nitrogen and oxygen atoms in total. The van der Waals surface area contributed by atoms with Crippen LogP contribution in [0.3, 0.4) is 0 Å². The second-order valence-corrected chi connectivity index (χ2v) is 12.2. The molecule has 1 unspecified atom stereocenters. The largest absolute Gasteiger partial charge is 0.303 e. The molecule has 0 aromatic heterocycles. The van der Waals surface area contributed by atoms with Crippen molar-refractivity contribution in [3.05, 3.63) is 11.1 Å². The third kappa shape index (κ3) is 2.72. The van der Waals surface area contributed by atoms with Crippen LogP contribution in [0.2, 0.25) is 0 Å². The van der Waals surface area contributed by atoms with E-state index in [1.54, 1.807) is 11.1 Å². The minimum atomic E-state index is -0.172. The Kier molecular flexibility index (Phi) is 4.99. The van der Waals surface area contributed by atoms with Gasteiger partial charge in [0, 0.05) is 18.3 Å². The predicted molar refractivity (Wildman–Crippen MR) is 119 cm³/mol. The molecule has 2 fully saturated rings. The molecule has 29 heavy (non-hydrogen) atoms. The van der Waals surface area contributed by atoms with E-state index < -0.39 is 0 Å². The van der Waals surface area contributed by atoms with Gasteiger partial charge < -0.3 is 4.79 Å². The summed E-state index contributed by atoms with van der Waals surface area (Å²) in [6.45, 7) is 14.5. The van der Waals surface area contributed by atoms with Crippen LogP contribution in [0.25, 0.3) is 0 Å². The number of fused-ring (bicyclic) bond motifs is 4. The Bertz CT molecular complexity index is 746. The molecule has 0 saturated heterocycles. The van der Waals surface area contributed by atoms with Crippen LogP contribution in [0.15, 0.2) is 11.1 Å². The van der Waals surface area contributed by atoms with Crippen LogP contribution >= 0.6 is 0 Å². The molecule has 0 heterocycles. The number of hydrogen-bond donors (Lipinski definition) is 0. The average Bonchev–Trinajstić information content (AvgIpc) is 2.95. The topological polar surface area (TPSA) is 34.1 Å². The molecule has 4 aliphatic rings. The summed E-state index contributed by atoms with van der Waals surface area (Å²) in [6, 6.07) is 0. The highest BCUT2D eigenvalue weighted by Gasteiger charge is 2.63. The molecular weight excluding hydrogens is 356 g/mol. The minimum Gasteiger partial charge on any atom is -0.303 e. The number of rotatable bonds is 4. The third-order valence-corrected chi connectivity index (χ3v) is 11.0. The Morgan fingerprint density at radius 1 is 0.966 bits per heavy atom. The van der Waals surface area contributed by atoms with Gasteiger partial charge in [-0.2, -0.15) is 0 Å². The average molecular weight is 399 g/mol. The third-order valence-electron chi connectivity index (χ3n) is 11.0. The Labute approximate surface area is 178 Å². The zero-order chi connectivity index (χ0) is 21.2. The van der Waals surface area contributed by atoms with Crippen LogP contribution in [0.4, 0.5) is 0 Å². The molecule has 162 valence electrons. The summed E-state index contributed by atoms with van der Waals surface area (Å²) in [5, 5.41) is 0. The fourth-order valence-corrected chi connectivity index (χ4v) is 8.97. The molecule has 2 saturated carbocycles. The van der Waals surface area contributed by atoms with Gasteiger partial charge in [-0.1, -0.05) is 52.7 Å². The van der Waals surface area contributed by atoms with Crippen LogP contribution < -0.4 is 0 Å². The van der Waals surface area contributed by atoms with Gasteiger partial charge >= 0.3 is 0 Å². The van der Waals surface area contributed by atoms with E-state index in [1.807, 2.05) is 0 Å². The molecule has 0 radical (unpaired) electrons. The first-order valence-electron chi connectivity index (χ1n) is 12.2. The molecule has 6 atom stereocenters. The highest BCUT2D eigenvalue weighted by atomic mass is 16.1. The Hall–Kier alpha value is -0.920. The normalized spacial score (nSPS) is 44.7. The summed E-state index contributed by atoms with van der Waals surface area (Å²) in [5.41, 5.74) is 4.26. The molecule has 0 aliphatic heterocycles. The van der Waals surface area contributed by atoms with Gasteiger partial charge in [0.1, 0.15) is 12.1 Å². The summed E-state index contributed by atoms with van der Waals surface area (Å²) >= 11 is 0. The zero-order valence-electron chi connectivity index (χ0n) is 19.7. The van der Waals surface area contributed by atoms with Crippen molar-refractivity contribution in [1.29, 1.82) is 0 Å². The number of Topliss-reactive ketones (excluding diaryl/α,β-unsaturated/α-hetero) is 1. The molecule has 0 N–H and O–H groups in total. The van der Waals surface area contributed by atoms with Crippen molar-refractivity contribution in [2.24, 2.45) is 39.4 Å². The van der Waals surface area contributed by atoms with Gasteiger partial charge in [-0.3, -0.25) is 4.79 Å². The SMILES string of the molecule is C[C@H](CCC=O)[C@H]1CC[C@@]2(C)C3=C(CC[C@]12C)[C@@]1(C)CCC(=O)C(C)(C)C1CC3. The highest BCUT2D eigenvalue weighted by molar-refractivity contribution is 5.85. The number of hydrogen-bond acceptors (Lipinski definition) is 2. The van der Waals surface area contributed by atoms with E-state index in [9.17, 15) is 9.59 Å². The number of ketones is 1. The van der Waals surface area contributed by atoms with Gasteiger partial charge in [0.15, 0.2) is 0 Å². The quantitative estimate of drug-likeness (QED) is 0.380. The zero-order valence-corrected chi connectivity index (χ0v) is 19.7. The Morgan fingerprint density at radius 2 is 1.69 bits per heavy atom. The lowest BCUT2D eigenvalue weighted by Gasteiger charge is -2.60. The van der Waals surface area contributed by atoms with Crippen molar-refractivity contribution in [2.45, 2.75) is 106 Å². The van der Waals surface area contributed by atoms with E-state index >= 15 is 0 Å². The van der Waals surface area contributed by atoms with Crippen molar-refractivity contribution in [3.8, 4) is 0 Å².